The lowest BCUT2D eigenvalue weighted by atomic mass is 9.73. The Morgan fingerprint density at radius 2 is 2.19 bits per heavy atom. The summed E-state index contributed by atoms with van der Waals surface area (Å²) in [5.41, 5.74) is 0.521. The summed E-state index contributed by atoms with van der Waals surface area (Å²) in [6, 6.07) is 3.69. The number of likely N-dealkylation sites (tertiary alicyclic amines) is 1. The van der Waals surface area contributed by atoms with E-state index in [1.54, 1.807) is 6.26 Å². The minimum Gasteiger partial charge on any atom is -0.461 e. The smallest absolute Gasteiger partial charge is 0.216 e. The van der Waals surface area contributed by atoms with Crippen LogP contribution in [0.3, 0.4) is 0 Å². The number of hydrogen-bond donors (Lipinski definition) is 2. The molecule has 1 aliphatic heterocycles. The van der Waals surface area contributed by atoms with Crippen LogP contribution in [-0.2, 0) is 6.54 Å². The topological polar surface area (TPSA) is 82.3 Å². The molecule has 1 aliphatic carbocycles. The Morgan fingerprint density at radius 3 is 2.93 bits per heavy atom. The number of H-pyrrole nitrogens is 1. The number of rotatable bonds is 4. The van der Waals surface area contributed by atoms with Crippen LogP contribution in [0, 0.1) is 5.41 Å². The molecule has 1 spiro atoms. The fraction of sp³-hybridized carbons (Fsp3) is 0.632. The monoisotopic (exact) mass is 484 g/mol. The normalized spacial score (nSPS) is 19.3. The van der Waals surface area contributed by atoms with Gasteiger partial charge in [-0.25, -0.2) is 9.98 Å². The summed E-state index contributed by atoms with van der Waals surface area (Å²) in [5.74, 6) is 2.99. The van der Waals surface area contributed by atoms with E-state index in [2.05, 4.69) is 32.3 Å². The van der Waals surface area contributed by atoms with Crippen molar-refractivity contribution < 1.29 is 4.42 Å². The largest absolute Gasteiger partial charge is 0.461 e. The van der Waals surface area contributed by atoms with Gasteiger partial charge < -0.3 is 14.6 Å². The van der Waals surface area contributed by atoms with Crippen molar-refractivity contribution in [2.75, 3.05) is 19.6 Å². The Balaban J connectivity index is 0.00000210. The van der Waals surface area contributed by atoms with E-state index in [0.717, 1.165) is 31.4 Å². The highest BCUT2D eigenvalue weighted by Crippen LogP contribution is 2.43. The van der Waals surface area contributed by atoms with Crippen molar-refractivity contribution >= 4 is 29.9 Å². The third-order valence-electron chi connectivity index (χ3n) is 5.64. The molecular weight excluding hydrogens is 455 g/mol. The summed E-state index contributed by atoms with van der Waals surface area (Å²) >= 11 is 0. The van der Waals surface area contributed by atoms with Crippen LogP contribution >= 0.6 is 24.0 Å². The number of hydrogen-bond acceptors (Lipinski definition) is 4. The molecule has 0 aromatic carbocycles. The van der Waals surface area contributed by atoms with Crippen molar-refractivity contribution in [1.82, 2.24) is 25.4 Å². The zero-order valence-electron chi connectivity index (χ0n) is 15.9. The minimum atomic E-state index is 0. The Hall–Kier alpha value is -1.58. The Morgan fingerprint density at radius 1 is 1.33 bits per heavy atom. The summed E-state index contributed by atoms with van der Waals surface area (Å²) in [7, 11) is 0. The molecule has 8 heteroatoms. The van der Waals surface area contributed by atoms with Crippen molar-refractivity contribution in [2.24, 2.45) is 10.4 Å². The fourth-order valence-corrected chi connectivity index (χ4v) is 4.28. The molecule has 2 N–H and O–H groups in total. The van der Waals surface area contributed by atoms with Crippen LogP contribution in [-0.4, -0.2) is 45.7 Å². The van der Waals surface area contributed by atoms with Crippen LogP contribution in [0.5, 0.6) is 0 Å². The molecule has 0 unspecified atom stereocenters. The van der Waals surface area contributed by atoms with E-state index >= 15 is 0 Å². The van der Waals surface area contributed by atoms with Crippen molar-refractivity contribution in [3.63, 3.8) is 0 Å². The number of aromatic amines is 1. The van der Waals surface area contributed by atoms with Crippen LogP contribution in [0.4, 0.5) is 0 Å². The lowest BCUT2D eigenvalue weighted by Gasteiger charge is -2.33. The summed E-state index contributed by atoms with van der Waals surface area (Å²) in [6.07, 6.45) is 9.84. The highest BCUT2D eigenvalue weighted by molar-refractivity contribution is 14.0. The van der Waals surface area contributed by atoms with Gasteiger partial charge in [0.05, 0.1) is 6.26 Å². The molecule has 7 nitrogen and oxygen atoms in total. The Bertz CT molecular complexity index is 735. The number of nitrogens with one attached hydrogen (secondary N) is 2. The summed E-state index contributed by atoms with van der Waals surface area (Å²) < 4.78 is 5.34. The van der Waals surface area contributed by atoms with Gasteiger partial charge in [0, 0.05) is 19.6 Å². The zero-order valence-corrected chi connectivity index (χ0v) is 18.2. The van der Waals surface area contributed by atoms with Crippen LogP contribution in [0.15, 0.2) is 27.8 Å². The van der Waals surface area contributed by atoms with Gasteiger partial charge in [-0.2, -0.15) is 0 Å². The molecule has 1 saturated heterocycles. The number of guanidine groups is 1. The maximum Gasteiger partial charge on any atom is 0.216 e. The van der Waals surface area contributed by atoms with E-state index in [1.165, 1.54) is 38.5 Å². The second kappa shape index (κ2) is 9.07. The standard InChI is InChI=1S/C19H28N6O.HI/c1-2-20-18(25-11-10-19(14-25)8-4-3-5-9-19)21-13-16-22-17(24-23-16)15-7-6-12-26-15;/h6-7,12H,2-5,8-11,13-14H2,1H3,(H,20,21)(H,22,23,24);1H. The highest BCUT2D eigenvalue weighted by Gasteiger charge is 2.39. The predicted octanol–water partition coefficient (Wildman–Crippen LogP) is 3.80. The third kappa shape index (κ3) is 4.64. The first-order chi connectivity index (χ1) is 12.8. The van der Waals surface area contributed by atoms with Crippen LogP contribution < -0.4 is 5.32 Å². The number of aromatic nitrogens is 3. The maximum atomic E-state index is 5.34. The molecule has 0 radical (unpaired) electrons. The molecule has 27 heavy (non-hydrogen) atoms. The van der Waals surface area contributed by atoms with E-state index in [9.17, 15) is 0 Å². The number of furan rings is 1. The Kier molecular flexibility index (Phi) is 6.78. The lowest BCUT2D eigenvalue weighted by Crippen LogP contribution is -2.41. The highest BCUT2D eigenvalue weighted by atomic mass is 127. The SMILES string of the molecule is CCNC(=NCc1nc(-c2ccco2)n[nH]1)N1CCC2(CCCCC2)C1.I. The average Bonchev–Trinajstić information content (AvgIpc) is 3.40. The molecular formula is C19H29IN6O. The molecule has 0 amide bonds. The number of aliphatic imine (C=N–C) groups is 1. The summed E-state index contributed by atoms with van der Waals surface area (Å²) in [5, 5.41) is 10.6. The third-order valence-corrected chi connectivity index (χ3v) is 5.64. The van der Waals surface area contributed by atoms with E-state index < -0.39 is 0 Å². The second-order valence-corrected chi connectivity index (χ2v) is 7.49. The van der Waals surface area contributed by atoms with Crippen molar-refractivity contribution in [2.45, 2.75) is 52.0 Å². The zero-order chi connectivity index (χ0) is 17.8. The van der Waals surface area contributed by atoms with Crippen LogP contribution in [0.25, 0.3) is 11.6 Å². The number of halogens is 1. The number of nitrogens with zero attached hydrogens (tertiary/aromatic N) is 4. The Labute approximate surface area is 177 Å². The molecule has 0 atom stereocenters. The minimum absolute atomic E-state index is 0. The molecule has 2 aromatic heterocycles. The van der Waals surface area contributed by atoms with E-state index in [-0.39, 0.29) is 24.0 Å². The van der Waals surface area contributed by atoms with Crippen molar-refractivity contribution in [3.05, 3.63) is 24.2 Å². The van der Waals surface area contributed by atoms with Gasteiger partial charge in [0.15, 0.2) is 11.7 Å². The molecule has 2 aliphatic rings. The van der Waals surface area contributed by atoms with Crippen LogP contribution in [0.2, 0.25) is 0 Å². The quantitative estimate of drug-likeness (QED) is 0.392. The van der Waals surface area contributed by atoms with Gasteiger partial charge in [-0.3, -0.25) is 5.10 Å². The van der Waals surface area contributed by atoms with Gasteiger partial charge in [0.25, 0.3) is 0 Å². The van der Waals surface area contributed by atoms with E-state index in [4.69, 9.17) is 9.41 Å². The van der Waals surface area contributed by atoms with E-state index in [1.807, 2.05) is 12.1 Å². The fourth-order valence-electron chi connectivity index (χ4n) is 4.28. The first-order valence-electron chi connectivity index (χ1n) is 9.76. The summed E-state index contributed by atoms with van der Waals surface area (Å²) in [4.78, 5) is 11.7. The molecule has 2 fully saturated rings. The lowest BCUT2D eigenvalue weighted by molar-refractivity contribution is 0.203. The molecule has 1 saturated carbocycles. The molecule has 2 aromatic rings. The van der Waals surface area contributed by atoms with Gasteiger partial charge in [0.2, 0.25) is 5.82 Å². The predicted molar refractivity (Wildman–Crippen MR) is 116 cm³/mol. The second-order valence-electron chi connectivity index (χ2n) is 7.49. The first-order valence-corrected chi connectivity index (χ1v) is 9.76. The van der Waals surface area contributed by atoms with Crippen molar-refractivity contribution in [1.29, 1.82) is 0 Å². The van der Waals surface area contributed by atoms with Gasteiger partial charge in [-0.05, 0) is 43.7 Å². The molecule has 3 heterocycles. The summed E-state index contributed by atoms with van der Waals surface area (Å²) in [6.45, 7) is 5.70. The van der Waals surface area contributed by atoms with Gasteiger partial charge >= 0.3 is 0 Å². The molecule has 148 valence electrons. The van der Waals surface area contributed by atoms with Gasteiger partial charge in [-0.15, -0.1) is 29.1 Å². The van der Waals surface area contributed by atoms with E-state index in [0.29, 0.717) is 23.5 Å². The van der Waals surface area contributed by atoms with Crippen LogP contribution in [0.1, 0.15) is 51.3 Å². The molecule has 4 rings (SSSR count). The first kappa shape index (κ1) is 20.2. The average molecular weight is 484 g/mol. The van der Waals surface area contributed by atoms with Gasteiger partial charge in [0.1, 0.15) is 12.4 Å². The maximum absolute atomic E-state index is 5.34. The molecule has 0 bridgehead atoms. The van der Waals surface area contributed by atoms with Crippen molar-refractivity contribution in [3.8, 4) is 11.6 Å². The van der Waals surface area contributed by atoms with Gasteiger partial charge in [-0.1, -0.05) is 19.3 Å².